The summed E-state index contributed by atoms with van der Waals surface area (Å²) in [6.07, 6.45) is 0. The summed E-state index contributed by atoms with van der Waals surface area (Å²) in [5.74, 6) is -1.17. The number of rotatable bonds is 3. The first-order valence-corrected chi connectivity index (χ1v) is 9.50. The Morgan fingerprint density at radius 1 is 1.27 bits per heavy atom. The summed E-state index contributed by atoms with van der Waals surface area (Å²) < 4.78 is 51.7. The molecule has 0 unspecified atom stereocenters. The number of hydrogen-bond donors (Lipinski definition) is 3. The fourth-order valence-electron chi connectivity index (χ4n) is 3.04. The third kappa shape index (κ3) is 3.60. The Labute approximate surface area is 191 Å². The van der Waals surface area contributed by atoms with Gasteiger partial charge < -0.3 is 9.52 Å². The van der Waals surface area contributed by atoms with Gasteiger partial charge in [-0.2, -0.15) is 18.8 Å². The van der Waals surface area contributed by atoms with E-state index in [4.69, 9.17) is 4.42 Å². The summed E-state index contributed by atoms with van der Waals surface area (Å²) in [6, 6.07) is 7.63. The van der Waals surface area contributed by atoms with Crippen molar-refractivity contribution in [2.75, 3.05) is 0 Å². The Bertz CT molecular complexity index is 1440. The second kappa shape index (κ2) is 7.82. The number of aromatic amines is 1. The molecule has 1 aromatic carbocycles. The van der Waals surface area contributed by atoms with Crippen molar-refractivity contribution in [1.29, 1.82) is 5.26 Å². The van der Waals surface area contributed by atoms with Gasteiger partial charge in [0.2, 0.25) is 5.09 Å². The number of H-pyrrole nitrogens is 1. The van der Waals surface area contributed by atoms with Crippen LogP contribution in [0.1, 0.15) is 11.3 Å². The zero-order chi connectivity index (χ0) is 20.9. The van der Waals surface area contributed by atoms with Crippen molar-refractivity contribution in [3.8, 4) is 34.4 Å². The van der Waals surface area contributed by atoms with Gasteiger partial charge in [-0.25, -0.2) is 9.37 Å². The van der Waals surface area contributed by atoms with Crippen molar-refractivity contribution < 1.29 is 56.4 Å². The van der Waals surface area contributed by atoms with Crippen molar-refractivity contribution in [1.82, 2.24) is 15.2 Å². The van der Waals surface area contributed by atoms with Crippen LogP contribution in [0.5, 0.6) is 5.75 Å². The second-order valence-corrected chi connectivity index (χ2v) is 7.48. The number of benzene rings is 1. The normalized spacial score (nSPS) is 11.3. The number of aromatic hydroxyl groups is 1. The molecule has 146 valence electrons. The second-order valence-electron chi connectivity index (χ2n) is 6.13. The number of hydrogen-bond acceptors (Lipinski definition) is 7. The monoisotopic (exact) mass is 437 g/mol. The fourth-order valence-corrected chi connectivity index (χ4v) is 3.48. The standard InChI is InChI=1S/C18H11FN4O5S.Na/c1-8-15-16(13-4-5-14(28-13)29(25,26)27)11(7-20)17(21-18(15)23-22-8)10-3-2-9(24)6-12(10)19;/h2-6,24H,1H3,(H,21,22,23)(H,25,26,27);/q;+1. The van der Waals surface area contributed by atoms with Gasteiger partial charge >= 0.3 is 39.7 Å². The van der Waals surface area contributed by atoms with Gasteiger partial charge in [-0.1, -0.05) is 0 Å². The molecule has 0 amide bonds. The fraction of sp³-hybridized carbons (Fsp3) is 0.0556. The maximum absolute atomic E-state index is 14.5. The van der Waals surface area contributed by atoms with E-state index in [9.17, 15) is 27.7 Å². The SMILES string of the molecule is Cc1[nH]nc2nc(-c3ccc(O)cc3F)c(C#N)c(-c3ccc(S(=O)(=O)O)o3)c12.[Na+]. The van der Waals surface area contributed by atoms with Crippen molar-refractivity contribution in [2.24, 2.45) is 0 Å². The molecule has 12 heteroatoms. The van der Waals surface area contributed by atoms with Crippen LogP contribution in [0.3, 0.4) is 0 Å². The number of furan rings is 1. The molecule has 0 atom stereocenters. The molecule has 0 saturated heterocycles. The van der Waals surface area contributed by atoms with E-state index >= 15 is 0 Å². The van der Waals surface area contributed by atoms with Gasteiger partial charge in [0.15, 0.2) is 5.65 Å². The Morgan fingerprint density at radius 3 is 2.60 bits per heavy atom. The quantitative estimate of drug-likeness (QED) is 0.303. The molecule has 9 nitrogen and oxygen atoms in total. The molecular weight excluding hydrogens is 426 g/mol. The summed E-state index contributed by atoms with van der Waals surface area (Å²) in [6.45, 7) is 1.66. The van der Waals surface area contributed by atoms with E-state index in [0.29, 0.717) is 11.1 Å². The number of fused-ring (bicyclic) bond motifs is 1. The van der Waals surface area contributed by atoms with Gasteiger partial charge in [-0.3, -0.25) is 9.65 Å². The number of nitrogens with one attached hydrogen (secondary N) is 1. The van der Waals surface area contributed by atoms with Gasteiger partial charge in [0.05, 0.1) is 22.2 Å². The molecule has 0 spiro atoms. The first kappa shape index (κ1) is 21.9. The van der Waals surface area contributed by atoms with Gasteiger partial charge in [0.1, 0.15) is 23.4 Å². The summed E-state index contributed by atoms with van der Waals surface area (Å²) >= 11 is 0. The number of pyridine rings is 1. The van der Waals surface area contributed by atoms with E-state index < -0.39 is 21.0 Å². The minimum Gasteiger partial charge on any atom is -0.508 e. The van der Waals surface area contributed by atoms with Gasteiger partial charge in [0, 0.05) is 17.3 Å². The van der Waals surface area contributed by atoms with Crippen LogP contribution in [-0.2, 0) is 10.1 Å². The number of phenols is 1. The van der Waals surface area contributed by atoms with E-state index in [0.717, 1.165) is 12.1 Å². The Hall–Kier alpha value is -2.75. The first-order chi connectivity index (χ1) is 13.7. The Morgan fingerprint density at radius 2 is 2.00 bits per heavy atom. The number of aryl methyl sites for hydroxylation is 1. The van der Waals surface area contributed by atoms with Crippen molar-refractivity contribution >= 4 is 21.2 Å². The molecule has 3 N–H and O–H groups in total. The van der Waals surface area contributed by atoms with Gasteiger partial charge in [-0.15, -0.1) is 0 Å². The van der Waals surface area contributed by atoms with Crippen LogP contribution in [0.15, 0.2) is 39.8 Å². The molecule has 3 heterocycles. The number of nitriles is 1. The third-order valence-electron chi connectivity index (χ3n) is 4.28. The predicted molar refractivity (Wildman–Crippen MR) is 97.9 cm³/mol. The molecule has 0 aliphatic heterocycles. The number of aromatic nitrogens is 3. The van der Waals surface area contributed by atoms with Crippen LogP contribution in [0, 0.1) is 24.1 Å². The molecule has 0 bridgehead atoms. The topological polar surface area (TPSA) is 153 Å². The molecule has 4 aromatic rings. The van der Waals surface area contributed by atoms with E-state index in [2.05, 4.69) is 15.2 Å². The third-order valence-corrected chi connectivity index (χ3v) is 5.01. The summed E-state index contributed by atoms with van der Waals surface area (Å²) in [5, 5.41) is 25.7. The smallest absolute Gasteiger partial charge is 0.508 e. The predicted octanol–water partition coefficient (Wildman–Crippen LogP) is 0.160. The number of halogens is 1. The Kier molecular flexibility index (Phi) is 5.72. The van der Waals surface area contributed by atoms with Crippen molar-refractivity contribution in [3.05, 3.63) is 47.4 Å². The number of phenolic OH excluding ortho intramolecular Hbond substituents is 1. The van der Waals surface area contributed by atoms with E-state index in [1.807, 2.05) is 6.07 Å². The van der Waals surface area contributed by atoms with Crippen LogP contribution >= 0.6 is 0 Å². The zero-order valence-electron chi connectivity index (χ0n) is 15.6. The van der Waals surface area contributed by atoms with Crippen LogP contribution in [0.4, 0.5) is 4.39 Å². The molecule has 0 aliphatic rings. The molecule has 4 rings (SSSR count). The average Bonchev–Trinajstić information content (AvgIpc) is 3.28. The van der Waals surface area contributed by atoms with Crippen molar-refractivity contribution in [3.63, 3.8) is 0 Å². The largest absolute Gasteiger partial charge is 1.00 e. The number of nitrogens with zero attached hydrogens (tertiary/aromatic N) is 3. The minimum absolute atomic E-state index is 0. The van der Waals surface area contributed by atoms with Gasteiger partial charge in [-0.05, 0) is 31.2 Å². The molecular formula is C18H11FN4NaO5S+. The molecule has 0 saturated carbocycles. The maximum atomic E-state index is 14.5. The van der Waals surface area contributed by atoms with Crippen LogP contribution in [0.25, 0.3) is 33.6 Å². The Balaban J connectivity index is 0.00000256. The van der Waals surface area contributed by atoms with Crippen molar-refractivity contribution in [2.45, 2.75) is 12.0 Å². The minimum atomic E-state index is -4.61. The van der Waals surface area contributed by atoms with Crippen LogP contribution in [0.2, 0.25) is 0 Å². The van der Waals surface area contributed by atoms with Gasteiger partial charge in [0.25, 0.3) is 0 Å². The summed E-state index contributed by atoms with van der Waals surface area (Å²) in [4.78, 5) is 4.27. The molecule has 0 aliphatic carbocycles. The molecule has 30 heavy (non-hydrogen) atoms. The van der Waals surface area contributed by atoms with Crippen LogP contribution < -0.4 is 29.6 Å². The molecule has 3 aromatic heterocycles. The van der Waals surface area contributed by atoms with Crippen LogP contribution in [-0.4, -0.2) is 33.3 Å². The zero-order valence-corrected chi connectivity index (χ0v) is 18.5. The average molecular weight is 437 g/mol. The maximum Gasteiger partial charge on any atom is 1.00 e. The summed E-state index contributed by atoms with van der Waals surface area (Å²) in [7, 11) is -4.61. The summed E-state index contributed by atoms with van der Waals surface area (Å²) in [5.41, 5.74) is 0.572. The molecule has 0 fully saturated rings. The van der Waals surface area contributed by atoms with E-state index in [1.165, 1.54) is 18.2 Å². The van der Waals surface area contributed by atoms with E-state index in [1.54, 1.807) is 6.92 Å². The first-order valence-electron chi connectivity index (χ1n) is 8.06. The molecule has 0 radical (unpaired) electrons. The van der Waals surface area contributed by atoms with E-state index in [-0.39, 0.29) is 69.1 Å².